The first-order valence-electron chi connectivity index (χ1n) is 3.55. The maximum absolute atomic E-state index is 10.4. The molecule has 0 saturated carbocycles. The number of carbonyl (C=O) groups is 1. The van der Waals surface area contributed by atoms with Crippen LogP contribution in [0.3, 0.4) is 0 Å². The zero-order valence-corrected chi connectivity index (χ0v) is 6.44. The Balaban J connectivity index is 2.76. The highest BCUT2D eigenvalue weighted by atomic mass is 16.6. The molecular formula is C6H10O7. The Hall–Kier alpha value is -0.730. The van der Waals surface area contributed by atoms with Crippen LogP contribution in [-0.2, 0) is 9.53 Å². The average molecular weight is 194 g/mol. The van der Waals surface area contributed by atoms with Crippen LogP contribution in [0, 0.1) is 0 Å². The van der Waals surface area contributed by atoms with Crippen LogP contribution in [0.25, 0.3) is 0 Å². The molecule has 0 radical (unpaired) electrons. The molecule has 1 aliphatic heterocycles. The summed E-state index contributed by atoms with van der Waals surface area (Å²) in [6, 6.07) is 0. The fraction of sp³-hybridized carbons (Fsp3) is 0.833. The number of carboxylic acid groups (broad SMARTS) is 1. The quantitative estimate of drug-likeness (QED) is 0.298. The van der Waals surface area contributed by atoms with E-state index in [9.17, 15) is 4.79 Å². The lowest BCUT2D eigenvalue weighted by Crippen LogP contribution is -2.59. The van der Waals surface area contributed by atoms with Crippen molar-refractivity contribution < 1.29 is 35.1 Å². The number of hydrogen-bond donors (Lipinski definition) is 5. The number of hydrogen-bond acceptors (Lipinski definition) is 6. The molecule has 3 unspecified atom stereocenters. The van der Waals surface area contributed by atoms with Crippen molar-refractivity contribution in [2.24, 2.45) is 0 Å². The van der Waals surface area contributed by atoms with Crippen LogP contribution in [0.15, 0.2) is 0 Å². The van der Waals surface area contributed by atoms with E-state index in [2.05, 4.69) is 4.74 Å². The fourth-order valence-electron chi connectivity index (χ4n) is 1.07. The molecule has 5 N–H and O–H groups in total. The van der Waals surface area contributed by atoms with Gasteiger partial charge in [0.15, 0.2) is 12.4 Å². The van der Waals surface area contributed by atoms with E-state index in [0.717, 1.165) is 0 Å². The lowest BCUT2D eigenvalue weighted by Gasteiger charge is -2.36. The van der Waals surface area contributed by atoms with Gasteiger partial charge in [0, 0.05) is 0 Å². The van der Waals surface area contributed by atoms with E-state index < -0.39 is 36.7 Å². The Morgan fingerprint density at radius 3 is 2.00 bits per heavy atom. The summed E-state index contributed by atoms with van der Waals surface area (Å²) in [6.45, 7) is 0. The van der Waals surface area contributed by atoms with Gasteiger partial charge in [-0.15, -0.1) is 0 Å². The molecule has 0 aromatic rings. The van der Waals surface area contributed by atoms with E-state index in [1.165, 1.54) is 0 Å². The molecule has 0 bridgehead atoms. The Bertz CT molecular complexity index is 205. The molecule has 76 valence electrons. The Morgan fingerprint density at radius 1 is 1.00 bits per heavy atom. The van der Waals surface area contributed by atoms with E-state index in [1.807, 2.05) is 0 Å². The second kappa shape index (κ2) is 3.56. The normalized spacial score (nSPS) is 46.0. The van der Waals surface area contributed by atoms with Gasteiger partial charge in [-0.2, -0.15) is 0 Å². The Labute approximate surface area is 72.8 Å². The third kappa shape index (κ3) is 1.79. The Morgan fingerprint density at radius 2 is 1.54 bits per heavy atom. The van der Waals surface area contributed by atoms with Crippen molar-refractivity contribution in [2.45, 2.75) is 30.7 Å². The van der Waals surface area contributed by atoms with Crippen molar-refractivity contribution >= 4 is 5.97 Å². The summed E-state index contributed by atoms with van der Waals surface area (Å²) in [5.41, 5.74) is 0. The smallest absolute Gasteiger partial charge is 0.335 e. The highest BCUT2D eigenvalue weighted by Gasteiger charge is 2.46. The summed E-state index contributed by atoms with van der Waals surface area (Å²) in [5, 5.41) is 44.4. The molecule has 1 saturated heterocycles. The van der Waals surface area contributed by atoms with Crippen molar-refractivity contribution in [2.75, 3.05) is 0 Å². The molecule has 1 heterocycles. The zero-order chi connectivity index (χ0) is 10.2. The molecule has 1 fully saturated rings. The second-order valence-electron chi connectivity index (χ2n) is 2.76. The summed E-state index contributed by atoms with van der Waals surface area (Å²) in [6.07, 6.45) is -8.72. The van der Waals surface area contributed by atoms with Gasteiger partial charge < -0.3 is 30.3 Å². The minimum Gasteiger partial charge on any atom is -0.479 e. The zero-order valence-electron chi connectivity index (χ0n) is 6.44. The van der Waals surface area contributed by atoms with E-state index in [1.54, 1.807) is 0 Å². The standard InChI is InChI=1S/C6H10O7/c7-1-2(8)4(5(10)11)13-6(12)3(1)9/h1-4,6-9,12H,(H,10,11)/t1-,2?,3-,4?,6?/m0/s1. The van der Waals surface area contributed by atoms with Crippen LogP contribution >= 0.6 is 0 Å². The van der Waals surface area contributed by atoms with Crippen molar-refractivity contribution in [1.82, 2.24) is 0 Å². The third-order valence-electron chi connectivity index (χ3n) is 1.83. The molecule has 0 aromatic carbocycles. The van der Waals surface area contributed by atoms with E-state index in [4.69, 9.17) is 25.5 Å². The first-order valence-corrected chi connectivity index (χ1v) is 3.55. The lowest BCUT2D eigenvalue weighted by molar-refractivity contribution is -0.279. The van der Waals surface area contributed by atoms with Crippen LogP contribution in [0.2, 0.25) is 0 Å². The molecule has 0 amide bonds. The number of rotatable bonds is 1. The molecule has 7 nitrogen and oxygen atoms in total. The molecule has 5 atom stereocenters. The first kappa shape index (κ1) is 10.4. The van der Waals surface area contributed by atoms with Crippen molar-refractivity contribution in [3.8, 4) is 0 Å². The monoisotopic (exact) mass is 194 g/mol. The van der Waals surface area contributed by atoms with Gasteiger partial charge in [-0.1, -0.05) is 0 Å². The molecule has 0 aliphatic carbocycles. The van der Waals surface area contributed by atoms with Crippen LogP contribution in [-0.4, -0.2) is 62.2 Å². The molecule has 1 rings (SSSR count). The maximum Gasteiger partial charge on any atom is 0.335 e. The average Bonchev–Trinajstić information content (AvgIpc) is 2.07. The van der Waals surface area contributed by atoms with E-state index >= 15 is 0 Å². The van der Waals surface area contributed by atoms with Gasteiger partial charge in [0.2, 0.25) is 0 Å². The summed E-state index contributed by atoms with van der Waals surface area (Å²) in [4.78, 5) is 10.4. The summed E-state index contributed by atoms with van der Waals surface area (Å²) < 4.78 is 4.34. The molecule has 13 heavy (non-hydrogen) atoms. The minimum atomic E-state index is -1.81. The molecular weight excluding hydrogens is 184 g/mol. The summed E-state index contributed by atoms with van der Waals surface area (Å²) in [5.74, 6) is -1.52. The summed E-state index contributed by atoms with van der Waals surface area (Å²) in [7, 11) is 0. The second-order valence-corrected chi connectivity index (χ2v) is 2.76. The predicted molar refractivity (Wildman–Crippen MR) is 36.5 cm³/mol. The topological polar surface area (TPSA) is 127 Å². The highest BCUT2D eigenvalue weighted by molar-refractivity contribution is 5.73. The third-order valence-corrected chi connectivity index (χ3v) is 1.83. The summed E-state index contributed by atoms with van der Waals surface area (Å²) >= 11 is 0. The highest BCUT2D eigenvalue weighted by Crippen LogP contribution is 2.19. The van der Waals surface area contributed by atoms with E-state index in [0.29, 0.717) is 0 Å². The van der Waals surface area contributed by atoms with Crippen LogP contribution in [0.1, 0.15) is 0 Å². The first-order chi connectivity index (χ1) is 5.95. The van der Waals surface area contributed by atoms with Gasteiger partial charge in [-0.3, -0.25) is 0 Å². The molecule has 7 heteroatoms. The van der Waals surface area contributed by atoms with Gasteiger partial charge in [0.25, 0.3) is 0 Å². The fourth-order valence-corrected chi connectivity index (χ4v) is 1.07. The number of carboxylic acids is 1. The molecule has 0 aromatic heterocycles. The van der Waals surface area contributed by atoms with Gasteiger partial charge in [0.1, 0.15) is 18.3 Å². The molecule has 0 spiro atoms. The van der Waals surface area contributed by atoms with Crippen LogP contribution in [0.5, 0.6) is 0 Å². The van der Waals surface area contributed by atoms with E-state index in [-0.39, 0.29) is 0 Å². The van der Waals surface area contributed by atoms with Gasteiger partial charge in [-0.25, -0.2) is 4.79 Å². The lowest BCUT2D eigenvalue weighted by atomic mass is 9.99. The number of aliphatic hydroxyl groups is 4. The van der Waals surface area contributed by atoms with Crippen LogP contribution in [0.4, 0.5) is 0 Å². The van der Waals surface area contributed by atoms with Crippen molar-refractivity contribution in [1.29, 1.82) is 0 Å². The number of aliphatic carboxylic acids is 1. The predicted octanol–water partition coefficient (Wildman–Crippen LogP) is -3.13. The van der Waals surface area contributed by atoms with Crippen LogP contribution < -0.4 is 0 Å². The number of aliphatic hydroxyl groups excluding tert-OH is 4. The number of ether oxygens (including phenoxy) is 1. The van der Waals surface area contributed by atoms with Crippen molar-refractivity contribution in [3.05, 3.63) is 0 Å². The van der Waals surface area contributed by atoms with Gasteiger partial charge in [-0.05, 0) is 0 Å². The van der Waals surface area contributed by atoms with Gasteiger partial charge >= 0.3 is 5.97 Å². The largest absolute Gasteiger partial charge is 0.479 e. The SMILES string of the molecule is O=C(O)C1OC(O)[C@@H](O)[C@@H](O)C1O. The minimum absolute atomic E-state index is 1.52. The Kier molecular flexibility index (Phi) is 2.84. The maximum atomic E-state index is 10.4. The van der Waals surface area contributed by atoms with Gasteiger partial charge in [0.05, 0.1) is 0 Å². The van der Waals surface area contributed by atoms with Crippen molar-refractivity contribution in [3.63, 3.8) is 0 Å². The molecule has 1 aliphatic rings.